The number of thiazole rings is 1. The monoisotopic (exact) mass is 339 g/mol. The minimum Gasteiger partial charge on any atom is -0.485 e. The van der Waals surface area contributed by atoms with E-state index >= 15 is 0 Å². The lowest BCUT2D eigenvalue weighted by Crippen LogP contribution is -2.11. The Labute approximate surface area is 144 Å². The number of rotatable bonds is 5. The van der Waals surface area contributed by atoms with Crippen molar-refractivity contribution >= 4 is 22.9 Å². The van der Waals surface area contributed by atoms with Gasteiger partial charge in [0.05, 0.1) is 11.9 Å². The number of para-hydroxylation sites is 1. The van der Waals surface area contributed by atoms with Gasteiger partial charge in [-0.25, -0.2) is 4.98 Å². The zero-order chi connectivity index (χ0) is 16.9. The highest BCUT2D eigenvalue weighted by molar-refractivity contribution is 7.13. The van der Waals surface area contributed by atoms with Crippen LogP contribution in [0.4, 0.5) is 5.69 Å². The van der Waals surface area contributed by atoms with E-state index in [9.17, 15) is 4.79 Å². The van der Waals surface area contributed by atoms with Crippen molar-refractivity contribution in [2.75, 3.05) is 5.32 Å². The van der Waals surface area contributed by atoms with E-state index in [1.54, 1.807) is 6.20 Å². The van der Waals surface area contributed by atoms with Crippen molar-refractivity contribution < 1.29 is 9.53 Å². The first-order valence-electron chi connectivity index (χ1n) is 7.50. The summed E-state index contributed by atoms with van der Waals surface area (Å²) in [7, 11) is 0. The first kappa shape index (κ1) is 16.1. The molecule has 0 radical (unpaired) electrons. The van der Waals surface area contributed by atoms with Gasteiger partial charge in [0.15, 0.2) is 0 Å². The van der Waals surface area contributed by atoms with Crippen molar-refractivity contribution in [1.29, 1.82) is 0 Å². The van der Waals surface area contributed by atoms with Crippen molar-refractivity contribution in [3.8, 4) is 5.75 Å². The summed E-state index contributed by atoms with van der Waals surface area (Å²) >= 11 is 1.34. The van der Waals surface area contributed by atoms with Crippen LogP contribution in [0.3, 0.4) is 0 Å². The predicted octanol–water partition coefficient (Wildman–Crippen LogP) is 3.99. The van der Waals surface area contributed by atoms with Crippen molar-refractivity contribution in [1.82, 2.24) is 9.97 Å². The van der Waals surface area contributed by atoms with E-state index in [2.05, 4.69) is 15.3 Å². The van der Waals surface area contributed by atoms with Crippen LogP contribution in [0.15, 0.2) is 48.7 Å². The molecule has 0 saturated carbocycles. The highest BCUT2D eigenvalue weighted by atomic mass is 32.1. The van der Waals surface area contributed by atoms with Crippen molar-refractivity contribution in [3.05, 3.63) is 69.9 Å². The van der Waals surface area contributed by atoms with Gasteiger partial charge in [0.25, 0.3) is 5.91 Å². The van der Waals surface area contributed by atoms with Gasteiger partial charge in [-0.15, -0.1) is 11.3 Å². The van der Waals surface area contributed by atoms with Crippen molar-refractivity contribution in [2.45, 2.75) is 20.5 Å². The fraction of sp³-hybridized carbons (Fsp3) is 0.167. The quantitative estimate of drug-likeness (QED) is 0.763. The SMILES string of the molecule is Cc1ccc(OCc2nc(C)c(C(=O)Nc3ccccc3)s2)cn1. The lowest BCUT2D eigenvalue weighted by atomic mass is 10.3. The lowest BCUT2D eigenvalue weighted by Gasteiger charge is -2.03. The van der Waals surface area contributed by atoms with Crippen LogP contribution in [0.1, 0.15) is 26.1 Å². The Morgan fingerprint density at radius 1 is 1.17 bits per heavy atom. The van der Waals surface area contributed by atoms with E-state index in [0.29, 0.717) is 22.9 Å². The Morgan fingerprint density at radius 2 is 1.96 bits per heavy atom. The molecule has 2 aromatic heterocycles. The number of ether oxygens (including phenoxy) is 1. The highest BCUT2D eigenvalue weighted by Crippen LogP contribution is 2.21. The maximum Gasteiger partial charge on any atom is 0.267 e. The van der Waals surface area contributed by atoms with Crippen LogP contribution in [0, 0.1) is 13.8 Å². The zero-order valence-corrected chi connectivity index (χ0v) is 14.3. The second-order valence-corrected chi connectivity index (χ2v) is 6.35. The van der Waals surface area contributed by atoms with Crippen LogP contribution in [-0.2, 0) is 6.61 Å². The van der Waals surface area contributed by atoms with Crippen LogP contribution >= 0.6 is 11.3 Å². The number of aryl methyl sites for hydroxylation is 2. The topological polar surface area (TPSA) is 64.1 Å². The highest BCUT2D eigenvalue weighted by Gasteiger charge is 2.15. The summed E-state index contributed by atoms with van der Waals surface area (Å²) in [4.78, 5) is 21.6. The largest absolute Gasteiger partial charge is 0.485 e. The molecule has 0 bridgehead atoms. The first-order chi connectivity index (χ1) is 11.6. The molecule has 6 heteroatoms. The molecule has 1 aromatic carbocycles. The van der Waals surface area contributed by atoms with E-state index in [-0.39, 0.29) is 5.91 Å². The summed E-state index contributed by atoms with van der Waals surface area (Å²) in [5.41, 5.74) is 2.40. The molecule has 0 saturated heterocycles. The number of hydrogen-bond acceptors (Lipinski definition) is 5. The van der Waals surface area contributed by atoms with E-state index in [1.807, 2.05) is 56.3 Å². The third kappa shape index (κ3) is 3.97. The van der Waals surface area contributed by atoms with Gasteiger partial charge in [0.1, 0.15) is 22.2 Å². The van der Waals surface area contributed by atoms with Crippen LogP contribution in [0.25, 0.3) is 0 Å². The van der Waals surface area contributed by atoms with Gasteiger partial charge >= 0.3 is 0 Å². The number of nitrogens with zero attached hydrogens (tertiary/aromatic N) is 2. The van der Waals surface area contributed by atoms with Gasteiger partial charge in [-0.3, -0.25) is 9.78 Å². The molecule has 5 nitrogen and oxygen atoms in total. The number of nitrogens with one attached hydrogen (secondary N) is 1. The van der Waals surface area contributed by atoms with E-state index in [0.717, 1.165) is 16.4 Å². The fourth-order valence-electron chi connectivity index (χ4n) is 2.12. The number of anilines is 1. The van der Waals surface area contributed by atoms with Gasteiger partial charge < -0.3 is 10.1 Å². The molecule has 122 valence electrons. The average molecular weight is 339 g/mol. The van der Waals surface area contributed by atoms with Crippen LogP contribution in [-0.4, -0.2) is 15.9 Å². The Bertz CT molecular complexity index is 829. The standard InChI is InChI=1S/C18H17N3O2S/c1-12-8-9-15(10-19-12)23-11-16-20-13(2)17(24-16)18(22)21-14-6-4-3-5-7-14/h3-10H,11H2,1-2H3,(H,21,22). The molecule has 0 fully saturated rings. The molecule has 0 aliphatic heterocycles. The normalized spacial score (nSPS) is 10.4. The van der Waals surface area contributed by atoms with Gasteiger partial charge in [-0.1, -0.05) is 18.2 Å². The van der Waals surface area contributed by atoms with Gasteiger partial charge in [0, 0.05) is 11.4 Å². The molecule has 0 unspecified atom stereocenters. The molecule has 0 aliphatic rings. The molecule has 3 aromatic rings. The number of amides is 1. The second-order valence-electron chi connectivity index (χ2n) is 5.27. The maximum atomic E-state index is 12.4. The molecular formula is C18H17N3O2S. The minimum absolute atomic E-state index is 0.153. The first-order valence-corrected chi connectivity index (χ1v) is 8.31. The summed E-state index contributed by atoms with van der Waals surface area (Å²) in [6.45, 7) is 4.06. The summed E-state index contributed by atoms with van der Waals surface area (Å²) in [6.07, 6.45) is 1.68. The molecule has 0 spiro atoms. The van der Waals surface area contributed by atoms with Gasteiger partial charge in [-0.05, 0) is 38.1 Å². The molecule has 2 heterocycles. The number of benzene rings is 1. The number of carbonyl (C=O) groups is 1. The molecule has 1 N–H and O–H groups in total. The Hall–Kier alpha value is -2.73. The van der Waals surface area contributed by atoms with E-state index < -0.39 is 0 Å². The smallest absolute Gasteiger partial charge is 0.267 e. The molecular weight excluding hydrogens is 322 g/mol. The molecule has 3 rings (SSSR count). The Balaban J connectivity index is 1.66. The number of aromatic nitrogens is 2. The van der Waals surface area contributed by atoms with Crippen LogP contribution in [0.2, 0.25) is 0 Å². The Morgan fingerprint density at radius 3 is 2.67 bits per heavy atom. The lowest BCUT2D eigenvalue weighted by molar-refractivity contribution is 0.103. The second kappa shape index (κ2) is 7.23. The van der Waals surface area contributed by atoms with Crippen molar-refractivity contribution in [2.24, 2.45) is 0 Å². The molecule has 0 aliphatic carbocycles. The number of pyridine rings is 1. The average Bonchev–Trinajstić information content (AvgIpc) is 2.96. The van der Waals surface area contributed by atoms with E-state index in [1.165, 1.54) is 11.3 Å². The molecule has 1 amide bonds. The van der Waals surface area contributed by atoms with Crippen LogP contribution in [0.5, 0.6) is 5.75 Å². The molecule has 24 heavy (non-hydrogen) atoms. The zero-order valence-electron chi connectivity index (χ0n) is 13.4. The summed E-state index contributed by atoms with van der Waals surface area (Å²) in [5.74, 6) is 0.531. The predicted molar refractivity (Wildman–Crippen MR) is 94.6 cm³/mol. The minimum atomic E-state index is -0.153. The van der Waals surface area contributed by atoms with Gasteiger partial charge in [-0.2, -0.15) is 0 Å². The maximum absolute atomic E-state index is 12.4. The van der Waals surface area contributed by atoms with Crippen molar-refractivity contribution in [3.63, 3.8) is 0 Å². The number of carbonyl (C=O) groups excluding carboxylic acids is 1. The summed E-state index contributed by atoms with van der Waals surface area (Å²) in [6, 6.07) is 13.1. The van der Waals surface area contributed by atoms with Crippen LogP contribution < -0.4 is 10.1 Å². The molecule has 0 atom stereocenters. The summed E-state index contributed by atoms with van der Waals surface area (Å²) < 4.78 is 5.67. The third-order valence-electron chi connectivity index (χ3n) is 3.33. The summed E-state index contributed by atoms with van der Waals surface area (Å²) in [5, 5.41) is 3.63. The Kier molecular flexibility index (Phi) is 4.86. The van der Waals surface area contributed by atoms with Gasteiger partial charge in [0.2, 0.25) is 0 Å². The fourth-order valence-corrected chi connectivity index (χ4v) is 2.99. The third-order valence-corrected chi connectivity index (χ3v) is 4.46. The van der Waals surface area contributed by atoms with E-state index in [4.69, 9.17) is 4.74 Å². The number of hydrogen-bond donors (Lipinski definition) is 1.